The maximum Gasteiger partial charge on any atom is 0.252 e. The van der Waals surface area contributed by atoms with Crippen LogP contribution in [0.2, 0.25) is 0 Å². The van der Waals surface area contributed by atoms with Crippen LogP contribution in [0.3, 0.4) is 0 Å². The zero-order valence-corrected chi connectivity index (χ0v) is 45.7. The van der Waals surface area contributed by atoms with Crippen LogP contribution in [0.5, 0.6) is 0 Å². The second-order valence-electron chi connectivity index (χ2n) is 26.8. The highest BCUT2D eigenvalue weighted by molar-refractivity contribution is 6.99. The fourth-order valence-corrected chi connectivity index (χ4v) is 13.3. The average molecular weight is 893 g/mol. The topological polar surface area (TPSA) is 6.48 Å². The normalized spacial score (nSPS) is 21.5. The van der Waals surface area contributed by atoms with Crippen molar-refractivity contribution in [3.05, 3.63) is 139 Å². The van der Waals surface area contributed by atoms with E-state index < -0.39 is 0 Å². The number of nitrogens with zero attached hydrogens (tertiary/aromatic N) is 2. The molecule has 0 saturated carbocycles. The second-order valence-corrected chi connectivity index (χ2v) is 26.8. The summed E-state index contributed by atoms with van der Waals surface area (Å²) in [6.45, 7) is 49.0. The Morgan fingerprint density at radius 2 is 1.12 bits per heavy atom. The van der Waals surface area contributed by atoms with E-state index in [0.29, 0.717) is 11.8 Å². The summed E-state index contributed by atoms with van der Waals surface area (Å²) in [7, 11) is 0. The van der Waals surface area contributed by atoms with Gasteiger partial charge in [-0.3, -0.25) is 0 Å². The molecule has 2 aliphatic heterocycles. The van der Waals surface area contributed by atoms with E-state index in [1.165, 1.54) is 121 Å². The van der Waals surface area contributed by atoms with E-state index in [0.717, 1.165) is 12.8 Å². The summed E-state index contributed by atoms with van der Waals surface area (Å²) in [4.78, 5) is 5.48. The molecule has 2 nitrogen and oxygen atoms in total. The lowest BCUT2D eigenvalue weighted by Crippen LogP contribution is -2.51. The highest BCUT2D eigenvalue weighted by Crippen LogP contribution is 2.57. The van der Waals surface area contributed by atoms with Crippen LogP contribution in [0.25, 0.3) is 5.47 Å². The smallest absolute Gasteiger partial charge is 0.252 e. The van der Waals surface area contributed by atoms with Crippen molar-refractivity contribution in [2.75, 3.05) is 9.80 Å². The minimum absolute atomic E-state index is 0.0654. The van der Waals surface area contributed by atoms with Gasteiger partial charge in [0, 0.05) is 34.1 Å². The molecule has 0 bridgehead atoms. The van der Waals surface area contributed by atoms with E-state index in [9.17, 15) is 0 Å². The largest absolute Gasteiger partial charge is 0.315 e. The van der Waals surface area contributed by atoms with Gasteiger partial charge in [-0.05, 0) is 207 Å². The van der Waals surface area contributed by atoms with Crippen molar-refractivity contribution in [3.8, 4) is 0 Å². The highest BCUT2D eigenvalue weighted by atomic mass is 15.2. The summed E-state index contributed by atoms with van der Waals surface area (Å²) < 4.78 is 0. The molecule has 1 atom stereocenters. The maximum absolute atomic E-state index is 2.82. The van der Waals surface area contributed by atoms with E-state index in [2.05, 4.69) is 215 Å². The number of benzene rings is 4. The predicted octanol–water partition coefficient (Wildman–Crippen LogP) is 17.4. The van der Waals surface area contributed by atoms with Crippen molar-refractivity contribution in [3.63, 3.8) is 0 Å². The summed E-state index contributed by atoms with van der Waals surface area (Å²) in [6.07, 6.45) is 9.75. The number of rotatable bonds is 6. The molecule has 0 amide bonds. The van der Waals surface area contributed by atoms with Gasteiger partial charge in [-0.15, -0.1) is 0 Å². The Hall–Kier alpha value is -4.24. The van der Waals surface area contributed by atoms with E-state index in [1.54, 1.807) is 11.1 Å². The molecule has 4 aromatic rings. The van der Waals surface area contributed by atoms with E-state index in [4.69, 9.17) is 0 Å². The molecule has 67 heavy (non-hydrogen) atoms. The van der Waals surface area contributed by atoms with Crippen LogP contribution in [0.1, 0.15) is 206 Å². The predicted molar refractivity (Wildman–Crippen MR) is 294 cm³/mol. The fraction of sp³-hybridized carbons (Fsp3) is 0.531. The minimum atomic E-state index is 0.0654. The summed E-state index contributed by atoms with van der Waals surface area (Å²) in [6, 6.07) is 25.2. The molecule has 1 unspecified atom stereocenters. The van der Waals surface area contributed by atoms with Crippen LogP contribution in [0.4, 0.5) is 22.7 Å². The van der Waals surface area contributed by atoms with Crippen molar-refractivity contribution in [1.29, 1.82) is 0 Å². The lowest BCUT2D eigenvalue weighted by molar-refractivity contribution is 0.317. The third-order valence-corrected chi connectivity index (χ3v) is 18.5. The van der Waals surface area contributed by atoms with Crippen molar-refractivity contribution >= 4 is 40.4 Å². The van der Waals surface area contributed by atoms with Gasteiger partial charge in [0.15, 0.2) is 0 Å². The molecule has 0 radical (unpaired) electrons. The molecule has 0 spiro atoms. The van der Waals surface area contributed by atoms with Crippen LogP contribution in [0.15, 0.2) is 89.2 Å². The zero-order valence-electron chi connectivity index (χ0n) is 45.7. The van der Waals surface area contributed by atoms with E-state index in [-0.39, 0.29) is 39.2 Å². The van der Waals surface area contributed by atoms with Crippen molar-refractivity contribution in [2.45, 2.75) is 204 Å². The first kappa shape index (κ1) is 47.8. The Labute approximate surface area is 408 Å². The Bertz CT molecular complexity index is 2790. The summed E-state index contributed by atoms with van der Waals surface area (Å²) in [5.41, 5.74) is 27.8. The van der Waals surface area contributed by atoms with Gasteiger partial charge < -0.3 is 9.80 Å². The molecular formula is C64H85BN2. The molecule has 2 heterocycles. The van der Waals surface area contributed by atoms with Gasteiger partial charge in [-0.1, -0.05) is 153 Å². The lowest BCUT2D eigenvalue weighted by Gasteiger charge is -2.50. The number of hydrogen-bond acceptors (Lipinski definition) is 2. The number of aryl methyl sites for hydroxylation is 3. The Morgan fingerprint density at radius 3 is 1.63 bits per heavy atom. The molecule has 3 aliphatic carbocycles. The standard InChI is InChI=1S/C64H85BN2/c1-21-60(11,12)47-36-52-54(35-45(47)38(2)3)67(53-37-51-49(33-41(53)6)62(15,16)27-29-64(51,19)20)56-31-39(4)30-55-58(56)65(52)57(42(7)66(55)44-24-22-43(23-25-44)59(8,9)10)46-34-50-48(32-40(46)5)61(13,14)26-28-63(50,17)18/h22-25,30-34,36-38,45H,21,26-29,35H2,1-20H3. The molecule has 0 fully saturated rings. The van der Waals surface area contributed by atoms with Crippen LogP contribution in [-0.4, -0.2) is 6.71 Å². The summed E-state index contributed by atoms with van der Waals surface area (Å²) >= 11 is 0. The van der Waals surface area contributed by atoms with Gasteiger partial charge in [-0.2, -0.15) is 0 Å². The monoisotopic (exact) mass is 893 g/mol. The van der Waals surface area contributed by atoms with Crippen molar-refractivity contribution < 1.29 is 0 Å². The molecule has 9 rings (SSSR count). The highest BCUT2D eigenvalue weighted by Gasteiger charge is 2.50. The Morgan fingerprint density at radius 1 is 0.627 bits per heavy atom. The fourth-order valence-electron chi connectivity index (χ4n) is 13.3. The van der Waals surface area contributed by atoms with Gasteiger partial charge in [0.1, 0.15) is 0 Å². The molecular weight excluding hydrogens is 808 g/mol. The van der Waals surface area contributed by atoms with Gasteiger partial charge in [-0.25, -0.2) is 0 Å². The summed E-state index contributed by atoms with van der Waals surface area (Å²) in [5, 5.41) is 0. The Balaban J connectivity index is 1.43. The number of anilines is 4. The molecule has 3 heteroatoms. The SMILES string of the molecule is CCC(C)(C)C1=CC2=C(CC1C(C)C)N(c1cc3c(cc1C)C(C)(C)CCC3(C)C)c1cc(C)cc3c1B2C(c1cc2c(cc1C)C(C)(C)CCC2(C)C)=C(C)N3c1ccc(C(C)(C)C)cc1. The van der Waals surface area contributed by atoms with Crippen LogP contribution < -0.4 is 15.3 Å². The number of allylic oxidation sites excluding steroid dienone is 5. The minimum Gasteiger partial charge on any atom is -0.315 e. The first-order valence-corrected chi connectivity index (χ1v) is 26.3. The van der Waals surface area contributed by atoms with Crippen molar-refractivity contribution in [2.24, 2.45) is 17.3 Å². The molecule has 0 saturated heterocycles. The van der Waals surface area contributed by atoms with E-state index in [1.807, 2.05) is 0 Å². The molecule has 354 valence electrons. The first-order valence-electron chi connectivity index (χ1n) is 26.3. The summed E-state index contributed by atoms with van der Waals surface area (Å²) in [5.74, 6) is 0.953. The van der Waals surface area contributed by atoms with Crippen LogP contribution in [0, 0.1) is 38.0 Å². The van der Waals surface area contributed by atoms with Gasteiger partial charge in [0.05, 0.1) is 0 Å². The van der Waals surface area contributed by atoms with Gasteiger partial charge in [0.2, 0.25) is 0 Å². The van der Waals surface area contributed by atoms with Gasteiger partial charge in [0.25, 0.3) is 6.71 Å². The quantitative estimate of drug-likeness (QED) is 0.178. The number of fused-ring (bicyclic) bond motifs is 3. The third-order valence-electron chi connectivity index (χ3n) is 18.5. The van der Waals surface area contributed by atoms with Crippen LogP contribution in [-0.2, 0) is 27.1 Å². The lowest BCUT2D eigenvalue weighted by atomic mass is 9.30. The molecule has 0 N–H and O–H groups in total. The first-order chi connectivity index (χ1) is 31.0. The maximum atomic E-state index is 2.82. The van der Waals surface area contributed by atoms with Crippen LogP contribution >= 0.6 is 0 Å². The molecule has 0 aromatic heterocycles. The Kier molecular flexibility index (Phi) is 11.2. The third kappa shape index (κ3) is 7.57. The molecule has 5 aliphatic rings. The average Bonchev–Trinajstić information content (AvgIpc) is 3.23. The van der Waals surface area contributed by atoms with E-state index >= 15 is 0 Å². The zero-order chi connectivity index (χ0) is 48.9. The van der Waals surface area contributed by atoms with Crippen molar-refractivity contribution in [1.82, 2.24) is 0 Å². The number of hydrogen-bond donors (Lipinski definition) is 0. The van der Waals surface area contributed by atoms with Gasteiger partial charge >= 0.3 is 0 Å². The second kappa shape index (κ2) is 15.6. The molecule has 4 aromatic carbocycles.